The molecule has 25 heavy (non-hydrogen) atoms. The Kier molecular flexibility index (Phi) is 5.88. The number of amides is 1. The van der Waals surface area contributed by atoms with Gasteiger partial charge in [0.1, 0.15) is 5.75 Å². The van der Waals surface area contributed by atoms with E-state index in [1.165, 1.54) is 0 Å². The molecule has 0 radical (unpaired) electrons. The van der Waals surface area contributed by atoms with Crippen LogP contribution in [-0.4, -0.2) is 42.1 Å². The highest BCUT2D eigenvalue weighted by atomic mass is 16.5. The van der Waals surface area contributed by atoms with Crippen LogP contribution in [0.2, 0.25) is 0 Å². The molecular weight excluding hydrogens is 316 g/mol. The number of rotatable bonds is 6. The number of piperidine rings is 1. The number of carbonyl (C=O) groups excluding carboxylic acids is 1. The van der Waals surface area contributed by atoms with E-state index in [2.05, 4.69) is 4.98 Å². The Hall–Kier alpha value is -2.56. The molecule has 132 valence electrons. The van der Waals surface area contributed by atoms with Crippen LogP contribution in [0, 0.1) is 5.92 Å². The van der Waals surface area contributed by atoms with Gasteiger partial charge in [-0.1, -0.05) is 18.2 Å². The highest BCUT2D eigenvalue weighted by Gasteiger charge is 2.27. The van der Waals surface area contributed by atoms with E-state index in [-0.39, 0.29) is 5.91 Å². The van der Waals surface area contributed by atoms with Crippen LogP contribution >= 0.6 is 0 Å². The van der Waals surface area contributed by atoms with Gasteiger partial charge in [0.25, 0.3) is 5.91 Å². The first kappa shape index (κ1) is 17.3. The van der Waals surface area contributed by atoms with Gasteiger partial charge in [-0.25, -0.2) is 4.98 Å². The van der Waals surface area contributed by atoms with Crippen LogP contribution in [0.3, 0.4) is 0 Å². The molecule has 0 bridgehead atoms. The van der Waals surface area contributed by atoms with Crippen LogP contribution in [0.5, 0.6) is 11.5 Å². The number of para-hydroxylation sites is 1. The number of benzene rings is 1. The second kappa shape index (κ2) is 8.51. The summed E-state index contributed by atoms with van der Waals surface area (Å²) in [5, 5.41) is 0. The van der Waals surface area contributed by atoms with E-state index in [0.717, 1.165) is 25.1 Å². The Morgan fingerprint density at radius 3 is 2.84 bits per heavy atom. The third-order valence-electron chi connectivity index (χ3n) is 4.31. The van der Waals surface area contributed by atoms with Crippen molar-refractivity contribution in [2.45, 2.75) is 19.8 Å². The molecule has 5 nitrogen and oxygen atoms in total. The minimum absolute atomic E-state index is 0.0616. The summed E-state index contributed by atoms with van der Waals surface area (Å²) in [5.41, 5.74) is 0.397. The largest absolute Gasteiger partial charge is 0.493 e. The van der Waals surface area contributed by atoms with Gasteiger partial charge in [0, 0.05) is 25.2 Å². The Labute approximate surface area is 148 Å². The van der Waals surface area contributed by atoms with Gasteiger partial charge in [-0.05, 0) is 44.0 Å². The summed E-state index contributed by atoms with van der Waals surface area (Å²) >= 11 is 0. The molecule has 1 amide bonds. The summed E-state index contributed by atoms with van der Waals surface area (Å²) in [7, 11) is 0. The van der Waals surface area contributed by atoms with E-state index in [1.807, 2.05) is 42.2 Å². The molecule has 1 aliphatic heterocycles. The molecule has 0 N–H and O–H groups in total. The van der Waals surface area contributed by atoms with Crippen molar-refractivity contribution in [3.05, 3.63) is 54.4 Å². The molecule has 5 heteroatoms. The monoisotopic (exact) mass is 340 g/mol. The van der Waals surface area contributed by atoms with Crippen molar-refractivity contribution in [3.63, 3.8) is 0 Å². The normalized spacial score (nSPS) is 17.2. The summed E-state index contributed by atoms with van der Waals surface area (Å²) in [6.07, 6.45) is 3.68. The molecule has 1 saturated heterocycles. The molecule has 2 aromatic rings. The third-order valence-corrected chi connectivity index (χ3v) is 4.31. The van der Waals surface area contributed by atoms with Gasteiger partial charge in [0.2, 0.25) is 0 Å². The van der Waals surface area contributed by atoms with Gasteiger partial charge in [0.05, 0.1) is 13.2 Å². The molecular formula is C20H24N2O3. The number of aromatic nitrogens is 1. The molecule has 0 saturated carbocycles. The fourth-order valence-electron chi connectivity index (χ4n) is 3.09. The van der Waals surface area contributed by atoms with Crippen LogP contribution in [-0.2, 0) is 0 Å². The van der Waals surface area contributed by atoms with E-state index >= 15 is 0 Å². The van der Waals surface area contributed by atoms with Gasteiger partial charge in [-0.2, -0.15) is 0 Å². The van der Waals surface area contributed by atoms with Gasteiger partial charge < -0.3 is 14.4 Å². The zero-order valence-corrected chi connectivity index (χ0v) is 14.6. The molecule has 1 aromatic heterocycles. The molecule has 3 rings (SSSR count). The topological polar surface area (TPSA) is 51.7 Å². The van der Waals surface area contributed by atoms with E-state index in [4.69, 9.17) is 9.47 Å². The van der Waals surface area contributed by atoms with Crippen molar-refractivity contribution in [3.8, 4) is 11.5 Å². The number of hydrogen-bond donors (Lipinski definition) is 0. The zero-order chi connectivity index (χ0) is 17.5. The number of pyridine rings is 1. The molecule has 0 aliphatic carbocycles. The van der Waals surface area contributed by atoms with Crippen molar-refractivity contribution in [2.75, 3.05) is 26.3 Å². The number of ether oxygens (including phenoxy) is 2. The average molecular weight is 340 g/mol. The first-order valence-electron chi connectivity index (χ1n) is 8.83. The molecule has 1 aliphatic rings. The number of hydrogen-bond acceptors (Lipinski definition) is 4. The van der Waals surface area contributed by atoms with Crippen molar-refractivity contribution in [1.82, 2.24) is 9.88 Å². The van der Waals surface area contributed by atoms with E-state index in [1.54, 1.807) is 18.3 Å². The summed E-state index contributed by atoms with van der Waals surface area (Å²) < 4.78 is 11.4. The van der Waals surface area contributed by atoms with Crippen LogP contribution in [0.25, 0.3) is 0 Å². The SMILES string of the molecule is CCOc1cccnc1C(=O)N1CCC[C@H](COc2ccccc2)C1. The lowest BCUT2D eigenvalue weighted by Crippen LogP contribution is -2.42. The second-order valence-corrected chi connectivity index (χ2v) is 6.17. The Bertz CT molecular complexity index is 690. The molecule has 1 aromatic carbocycles. The summed E-state index contributed by atoms with van der Waals surface area (Å²) in [5.74, 6) is 1.69. The minimum Gasteiger partial charge on any atom is -0.493 e. The second-order valence-electron chi connectivity index (χ2n) is 6.17. The molecule has 1 atom stereocenters. The standard InChI is InChI=1S/C20H24N2O3/c1-2-24-18-11-6-12-21-19(18)20(23)22-13-7-8-16(14-22)15-25-17-9-4-3-5-10-17/h3-6,9-12,16H,2,7-8,13-15H2,1H3/t16-/m0/s1. The van der Waals surface area contributed by atoms with E-state index in [9.17, 15) is 4.79 Å². The Morgan fingerprint density at radius 1 is 1.20 bits per heavy atom. The van der Waals surface area contributed by atoms with Crippen molar-refractivity contribution >= 4 is 5.91 Å². The third kappa shape index (κ3) is 4.50. The summed E-state index contributed by atoms with van der Waals surface area (Å²) in [6, 6.07) is 13.4. The van der Waals surface area contributed by atoms with E-state index < -0.39 is 0 Å². The fraction of sp³-hybridized carbons (Fsp3) is 0.400. The Balaban J connectivity index is 1.62. The van der Waals surface area contributed by atoms with Gasteiger partial charge in [0.15, 0.2) is 11.4 Å². The lowest BCUT2D eigenvalue weighted by atomic mass is 9.98. The van der Waals surface area contributed by atoms with Crippen LogP contribution < -0.4 is 9.47 Å². The van der Waals surface area contributed by atoms with Crippen LogP contribution in [0.4, 0.5) is 0 Å². The first-order chi connectivity index (χ1) is 12.3. The van der Waals surface area contributed by atoms with Gasteiger partial charge >= 0.3 is 0 Å². The van der Waals surface area contributed by atoms with Crippen LogP contribution in [0.15, 0.2) is 48.7 Å². The van der Waals surface area contributed by atoms with E-state index in [0.29, 0.717) is 37.1 Å². The molecule has 1 fully saturated rings. The zero-order valence-electron chi connectivity index (χ0n) is 14.6. The summed E-state index contributed by atoms with van der Waals surface area (Å²) in [4.78, 5) is 19.0. The minimum atomic E-state index is -0.0616. The first-order valence-corrected chi connectivity index (χ1v) is 8.83. The highest BCUT2D eigenvalue weighted by molar-refractivity contribution is 5.95. The van der Waals surface area contributed by atoms with Crippen molar-refractivity contribution in [2.24, 2.45) is 5.92 Å². The van der Waals surface area contributed by atoms with Crippen molar-refractivity contribution < 1.29 is 14.3 Å². The molecule has 0 spiro atoms. The lowest BCUT2D eigenvalue weighted by molar-refractivity contribution is 0.0623. The van der Waals surface area contributed by atoms with Gasteiger partial charge in [-0.15, -0.1) is 0 Å². The number of nitrogens with zero attached hydrogens (tertiary/aromatic N) is 2. The average Bonchev–Trinajstić information content (AvgIpc) is 2.68. The maximum absolute atomic E-state index is 12.9. The predicted molar refractivity (Wildman–Crippen MR) is 96.0 cm³/mol. The molecule has 2 heterocycles. The lowest BCUT2D eigenvalue weighted by Gasteiger charge is -2.32. The maximum Gasteiger partial charge on any atom is 0.276 e. The quantitative estimate of drug-likeness (QED) is 0.809. The number of carbonyl (C=O) groups is 1. The summed E-state index contributed by atoms with van der Waals surface area (Å²) in [6.45, 7) is 4.48. The predicted octanol–water partition coefficient (Wildman–Crippen LogP) is 3.41. The maximum atomic E-state index is 12.9. The fourth-order valence-corrected chi connectivity index (χ4v) is 3.09. The smallest absolute Gasteiger partial charge is 0.276 e. The van der Waals surface area contributed by atoms with Gasteiger partial charge in [-0.3, -0.25) is 4.79 Å². The number of likely N-dealkylation sites (tertiary alicyclic amines) is 1. The Morgan fingerprint density at radius 2 is 2.04 bits per heavy atom. The van der Waals surface area contributed by atoms with Crippen LogP contribution in [0.1, 0.15) is 30.3 Å². The highest BCUT2D eigenvalue weighted by Crippen LogP contribution is 2.23. The molecule has 0 unspecified atom stereocenters. The van der Waals surface area contributed by atoms with Crippen molar-refractivity contribution in [1.29, 1.82) is 0 Å².